The number of esters is 2. The van der Waals surface area contributed by atoms with Crippen molar-refractivity contribution < 1.29 is 38.2 Å². The molecule has 0 aromatic heterocycles. The monoisotopic (exact) mass is 726 g/mol. The standard InChI is InChI=1S/C40H62N4O8/c1-10-12-14-21-30-27(8)35(45)41-32(24(3)4)38(48)43(9)34(25(5)6)40(50)52-31(23-28-18-15-13-16-19-28)37(47)44-22-17-20-29(44)36(46)42-33(26(7)11-2)39(49)51-30/h13,15-16,18-19,24-27,29-34H,10-12,14,17,20-23H2,1-9H3,(H,41,45)(H,42,46). The summed E-state index contributed by atoms with van der Waals surface area (Å²) < 4.78 is 12.1. The average molecular weight is 727 g/mol. The predicted octanol–water partition coefficient (Wildman–Crippen LogP) is 4.43. The molecule has 12 nitrogen and oxygen atoms in total. The average Bonchev–Trinajstić information content (AvgIpc) is 3.61. The summed E-state index contributed by atoms with van der Waals surface area (Å²) >= 11 is 0. The molecule has 12 heteroatoms. The summed E-state index contributed by atoms with van der Waals surface area (Å²) in [6.07, 6.45) is 2.36. The molecule has 1 aromatic rings. The molecular weight excluding hydrogens is 664 g/mol. The molecule has 1 aromatic carbocycles. The molecule has 8 unspecified atom stereocenters. The normalized spacial score (nSPS) is 28.0. The van der Waals surface area contributed by atoms with Gasteiger partial charge in [0.15, 0.2) is 6.10 Å². The number of carbonyl (C=O) groups excluding carboxylic acids is 6. The van der Waals surface area contributed by atoms with Crippen LogP contribution in [0.2, 0.25) is 0 Å². The minimum atomic E-state index is -1.28. The number of nitrogens with zero attached hydrogens (tertiary/aromatic N) is 2. The van der Waals surface area contributed by atoms with E-state index in [9.17, 15) is 28.8 Å². The molecule has 4 amide bonds. The number of benzene rings is 1. The van der Waals surface area contributed by atoms with Crippen molar-refractivity contribution in [2.24, 2.45) is 23.7 Å². The Morgan fingerprint density at radius 3 is 2.06 bits per heavy atom. The van der Waals surface area contributed by atoms with Gasteiger partial charge in [-0.05, 0) is 49.0 Å². The molecule has 290 valence electrons. The first-order chi connectivity index (χ1) is 24.6. The molecule has 0 spiro atoms. The van der Waals surface area contributed by atoms with Gasteiger partial charge in [-0.3, -0.25) is 19.2 Å². The highest BCUT2D eigenvalue weighted by Crippen LogP contribution is 2.25. The second-order valence-electron chi connectivity index (χ2n) is 15.3. The van der Waals surface area contributed by atoms with Gasteiger partial charge in [-0.1, -0.05) is 105 Å². The van der Waals surface area contributed by atoms with Crippen molar-refractivity contribution in [3.63, 3.8) is 0 Å². The zero-order valence-electron chi connectivity index (χ0n) is 32.7. The third kappa shape index (κ3) is 10.8. The maximum atomic E-state index is 14.4. The molecule has 2 aliphatic heterocycles. The number of nitrogens with one attached hydrogen (secondary N) is 2. The number of amides is 4. The molecule has 0 aliphatic carbocycles. The summed E-state index contributed by atoms with van der Waals surface area (Å²) in [6.45, 7) is 14.9. The van der Waals surface area contributed by atoms with Gasteiger partial charge < -0.3 is 29.9 Å². The smallest absolute Gasteiger partial charge is 0.329 e. The zero-order valence-corrected chi connectivity index (χ0v) is 32.7. The quantitative estimate of drug-likeness (QED) is 0.266. The van der Waals surface area contributed by atoms with Crippen molar-refractivity contribution in [1.29, 1.82) is 0 Å². The van der Waals surface area contributed by atoms with Crippen LogP contribution in [0.3, 0.4) is 0 Å². The van der Waals surface area contributed by atoms with Crippen molar-refractivity contribution in [2.75, 3.05) is 13.6 Å². The highest BCUT2D eigenvalue weighted by molar-refractivity contribution is 5.95. The van der Waals surface area contributed by atoms with E-state index in [1.54, 1.807) is 34.6 Å². The number of hydrogen-bond acceptors (Lipinski definition) is 8. The Labute approximate surface area is 310 Å². The van der Waals surface area contributed by atoms with E-state index in [4.69, 9.17) is 9.47 Å². The number of fused-ring (bicyclic) bond motifs is 1. The number of carbonyl (C=O) groups is 6. The van der Waals surface area contributed by atoms with E-state index in [2.05, 4.69) is 17.6 Å². The molecule has 3 rings (SSSR count). The van der Waals surface area contributed by atoms with E-state index >= 15 is 0 Å². The van der Waals surface area contributed by atoms with Crippen LogP contribution in [0.5, 0.6) is 0 Å². The summed E-state index contributed by atoms with van der Waals surface area (Å²) in [5, 5.41) is 5.79. The first-order valence-electron chi connectivity index (χ1n) is 19.2. The van der Waals surface area contributed by atoms with E-state index in [1.807, 2.05) is 44.2 Å². The van der Waals surface area contributed by atoms with E-state index in [-0.39, 0.29) is 24.8 Å². The first-order valence-corrected chi connectivity index (χ1v) is 19.2. The van der Waals surface area contributed by atoms with Gasteiger partial charge in [0.1, 0.15) is 30.3 Å². The lowest BCUT2D eigenvalue weighted by Crippen LogP contribution is -2.57. The third-order valence-electron chi connectivity index (χ3n) is 10.6. The predicted molar refractivity (Wildman–Crippen MR) is 197 cm³/mol. The van der Waals surface area contributed by atoms with Crippen molar-refractivity contribution in [3.8, 4) is 0 Å². The summed E-state index contributed by atoms with van der Waals surface area (Å²) in [4.78, 5) is 87.1. The van der Waals surface area contributed by atoms with Crippen molar-refractivity contribution in [3.05, 3.63) is 35.9 Å². The Hall–Kier alpha value is -3.96. The zero-order chi connectivity index (χ0) is 38.7. The lowest BCUT2D eigenvalue weighted by atomic mass is 9.94. The van der Waals surface area contributed by atoms with Crippen LogP contribution in [0.1, 0.15) is 106 Å². The minimum absolute atomic E-state index is 0.0581. The third-order valence-corrected chi connectivity index (χ3v) is 10.6. The van der Waals surface area contributed by atoms with E-state index in [0.717, 1.165) is 18.4 Å². The largest absolute Gasteiger partial charge is 0.460 e. The second-order valence-corrected chi connectivity index (χ2v) is 15.3. The van der Waals surface area contributed by atoms with Gasteiger partial charge in [-0.2, -0.15) is 0 Å². The molecule has 2 saturated heterocycles. The molecule has 0 saturated carbocycles. The lowest BCUT2D eigenvalue weighted by Gasteiger charge is -2.35. The summed E-state index contributed by atoms with van der Waals surface area (Å²) in [5.41, 5.74) is 0.752. The van der Waals surface area contributed by atoms with Crippen LogP contribution in [-0.2, 0) is 44.7 Å². The second kappa shape index (κ2) is 19.8. The van der Waals surface area contributed by atoms with Crippen molar-refractivity contribution in [1.82, 2.24) is 20.4 Å². The Morgan fingerprint density at radius 1 is 0.808 bits per heavy atom. The van der Waals surface area contributed by atoms with E-state index in [1.165, 1.54) is 16.8 Å². The first kappa shape index (κ1) is 42.5. The van der Waals surface area contributed by atoms with Gasteiger partial charge >= 0.3 is 11.9 Å². The van der Waals surface area contributed by atoms with Crippen LogP contribution in [-0.4, -0.2) is 95.3 Å². The Kier molecular flexibility index (Phi) is 16.1. The van der Waals surface area contributed by atoms with Crippen LogP contribution >= 0.6 is 0 Å². The molecule has 0 radical (unpaired) electrons. The molecular formula is C40H62N4O8. The van der Waals surface area contributed by atoms with Gasteiger partial charge in [0.05, 0.1) is 5.92 Å². The fourth-order valence-electron chi connectivity index (χ4n) is 7.05. The molecule has 2 N–H and O–H groups in total. The fourth-order valence-corrected chi connectivity index (χ4v) is 7.05. The van der Waals surface area contributed by atoms with Crippen LogP contribution in [0, 0.1) is 23.7 Å². The molecule has 2 heterocycles. The van der Waals surface area contributed by atoms with Crippen LogP contribution in [0.15, 0.2) is 30.3 Å². The highest BCUT2D eigenvalue weighted by Gasteiger charge is 2.44. The van der Waals surface area contributed by atoms with Crippen LogP contribution < -0.4 is 10.6 Å². The molecule has 2 aliphatic rings. The Balaban J connectivity index is 2.14. The van der Waals surface area contributed by atoms with Gasteiger partial charge in [0.2, 0.25) is 17.7 Å². The summed E-state index contributed by atoms with van der Waals surface area (Å²) in [6, 6.07) is 5.15. The summed E-state index contributed by atoms with van der Waals surface area (Å²) in [5.74, 6) is -5.25. The number of hydrogen-bond donors (Lipinski definition) is 2. The Morgan fingerprint density at radius 2 is 1.46 bits per heavy atom. The molecule has 52 heavy (non-hydrogen) atoms. The number of unbranched alkanes of at least 4 members (excludes halogenated alkanes) is 2. The Bertz CT molecular complexity index is 1380. The van der Waals surface area contributed by atoms with Crippen LogP contribution in [0.25, 0.3) is 0 Å². The number of likely N-dealkylation sites (N-methyl/N-ethyl adjacent to an activating group) is 1. The van der Waals surface area contributed by atoms with Gasteiger partial charge in [0.25, 0.3) is 5.91 Å². The topological polar surface area (TPSA) is 151 Å². The molecule has 2 fully saturated rings. The van der Waals surface area contributed by atoms with Crippen LogP contribution in [0.4, 0.5) is 0 Å². The fraction of sp³-hybridized carbons (Fsp3) is 0.700. The maximum absolute atomic E-state index is 14.4. The number of cyclic esters (lactones) is 2. The van der Waals surface area contributed by atoms with E-state index in [0.29, 0.717) is 32.1 Å². The van der Waals surface area contributed by atoms with Crippen molar-refractivity contribution in [2.45, 2.75) is 143 Å². The van der Waals surface area contributed by atoms with Crippen molar-refractivity contribution >= 4 is 35.6 Å². The summed E-state index contributed by atoms with van der Waals surface area (Å²) in [7, 11) is 1.50. The maximum Gasteiger partial charge on any atom is 0.329 e. The van der Waals surface area contributed by atoms with E-state index < -0.39 is 83.8 Å². The molecule has 0 bridgehead atoms. The molecule has 8 atom stereocenters. The van der Waals surface area contributed by atoms with Gasteiger partial charge in [0, 0.05) is 20.0 Å². The van der Waals surface area contributed by atoms with Gasteiger partial charge in [-0.15, -0.1) is 0 Å². The highest BCUT2D eigenvalue weighted by atomic mass is 16.6. The lowest BCUT2D eigenvalue weighted by molar-refractivity contribution is -0.168. The SMILES string of the molecule is CCCCCC1OC(=O)C(C(C)CC)NC(=O)C2CCCN2C(=O)C(Cc2ccccc2)OC(=O)C(C(C)C)N(C)C(=O)C(C(C)C)NC(=O)C1C. The number of rotatable bonds is 10. The van der Waals surface area contributed by atoms with Gasteiger partial charge in [-0.25, -0.2) is 9.59 Å². The minimum Gasteiger partial charge on any atom is -0.460 e. The number of ether oxygens (including phenoxy) is 2.